The third kappa shape index (κ3) is 3.27. The minimum atomic E-state index is -0.691. The standard InChI is InChI=1S/C25H14FN5O2S/c26-18-8-3-6-16-13-29-14-20(22(16)18)31-24(32)23-19(30(25(31)33)10-4-9-27)11-21(34-23)17-7-2-1-5-15(17)12-28/h1-3,5-8,11,13-14H,4,10H2. The van der Waals surface area contributed by atoms with Crippen molar-refractivity contribution in [2.45, 2.75) is 13.0 Å². The lowest BCUT2D eigenvalue weighted by Crippen LogP contribution is -2.38. The minimum absolute atomic E-state index is 0.0329. The first-order valence-corrected chi connectivity index (χ1v) is 11.0. The van der Waals surface area contributed by atoms with Crippen LogP contribution in [-0.2, 0) is 6.54 Å². The van der Waals surface area contributed by atoms with Crippen molar-refractivity contribution in [3.05, 3.63) is 93.1 Å². The van der Waals surface area contributed by atoms with Crippen molar-refractivity contribution in [3.63, 3.8) is 0 Å². The molecule has 3 heterocycles. The van der Waals surface area contributed by atoms with Crippen LogP contribution < -0.4 is 11.2 Å². The van der Waals surface area contributed by atoms with Crippen LogP contribution in [0.2, 0.25) is 0 Å². The van der Waals surface area contributed by atoms with E-state index in [4.69, 9.17) is 5.26 Å². The van der Waals surface area contributed by atoms with Crippen LogP contribution in [0.4, 0.5) is 4.39 Å². The molecule has 5 aromatic rings. The van der Waals surface area contributed by atoms with Gasteiger partial charge in [-0.1, -0.05) is 30.3 Å². The van der Waals surface area contributed by atoms with Crippen LogP contribution >= 0.6 is 11.3 Å². The van der Waals surface area contributed by atoms with Gasteiger partial charge in [0.25, 0.3) is 5.56 Å². The van der Waals surface area contributed by atoms with E-state index in [0.29, 0.717) is 26.9 Å². The third-order valence-corrected chi connectivity index (χ3v) is 6.68. The monoisotopic (exact) mass is 467 g/mol. The second-order valence-electron chi connectivity index (χ2n) is 7.46. The molecule has 0 radical (unpaired) electrons. The van der Waals surface area contributed by atoms with E-state index in [1.807, 2.05) is 6.07 Å². The highest BCUT2D eigenvalue weighted by Gasteiger charge is 2.21. The van der Waals surface area contributed by atoms with E-state index >= 15 is 0 Å². The normalized spacial score (nSPS) is 10.9. The largest absolute Gasteiger partial charge is 0.336 e. The summed E-state index contributed by atoms with van der Waals surface area (Å²) in [5.74, 6) is -0.584. The molecule has 0 atom stereocenters. The molecular weight excluding hydrogens is 453 g/mol. The number of thiophene rings is 1. The summed E-state index contributed by atoms with van der Waals surface area (Å²) in [6, 6.07) is 17.2. The van der Waals surface area contributed by atoms with Crippen LogP contribution in [0.3, 0.4) is 0 Å². The predicted molar refractivity (Wildman–Crippen MR) is 127 cm³/mol. The molecule has 0 bridgehead atoms. The number of nitriles is 2. The molecule has 0 aliphatic rings. The van der Waals surface area contributed by atoms with E-state index in [0.717, 1.165) is 15.9 Å². The topological polar surface area (TPSA) is 104 Å². The fourth-order valence-corrected chi connectivity index (χ4v) is 5.14. The zero-order valence-corrected chi connectivity index (χ0v) is 18.3. The Kier molecular flexibility index (Phi) is 5.25. The van der Waals surface area contributed by atoms with Crippen molar-refractivity contribution < 1.29 is 4.39 Å². The minimum Gasteiger partial charge on any atom is -0.291 e. The van der Waals surface area contributed by atoms with Gasteiger partial charge in [0.1, 0.15) is 10.5 Å². The quantitative estimate of drug-likeness (QED) is 0.391. The Morgan fingerprint density at radius 3 is 2.68 bits per heavy atom. The Bertz CT molecular complexity index is 1800. The molecule has 0 fully saturated rings. The van der Waals surface area contributed by atoms with E-state index < -0.39 is 17.1 Å². The van der Waals surface area contributed by atoms with Gasteiger partial charge in [-0.15, -0.1) is 11.3 Å². The molecule has 0 unspecified atom stereocenters. The molecule has 7 nitrogen and oxygen atoms in total. The highest BCUT2D eigenvalue weighted by Crippen LogP contribution is 2.34. The van der Waals surface area contributed by atoms with E-state index in [1.54, 1.807) is 36.4 Å². The number of rotatable bonds is 4. The van der Waals surface area contributed by atoms with Gasteiger partial charge in [-0.3, -0.25) is 14.3 Å². The SMILES string of the molecule is N#CCCn1c(=O)n(-c2cncc3cccc(F)c23)c(=O)c2sc(-c3ccccc3C#N)cc21. The molecule has 0 amide bonds. The van der Waals surface area contributed by atoms with Crippen molar-refractivity contribution in [1.29, 1.82) is 10.5 Å². The summed E-state index contributed by atoms with van der Waals surface area (Å²) >= 11 is 1.14. The molecule has 5 rings (SSSR count). The van der Waals surface area contributed by atoms with Crippen molar-refractivity contribution in [3.8, 4) is 28.3 Å². The maximum Gasteiger partial charge on any atom is 0.336 e. The number of halogens is 1. The van der Waals surface area contributed by atoms with Gasteiger partial charge in [-0.05, 0) is 18.2 Å². The number of pyridine rings is 1. The van der Waals surface area contributed by atoms with Crippen molar-refractivity contribution >= 4 is 32.3 Å². The highest BCUT2D eigenvalue weighted by molar-refractivity contribution is 7.22. The lowest BCUT2D eigenvalue weighted by molar-refractivity contribution is 0.636. The first-order valence-electron chi connectivity index (χ1n) is 10.2. The van der Waals surface area contributed by atoms with Gasteiger partial charge in [-0.2, -0.15) is 10.5 Å². The van der Waals surface area contributed by atoms with E-state index in [-0.39, 0.29) is 28.7 Å². The lowest BCUT2D eigenvalue weighted by atomic mass is 10.1. The van der Waals surface area contributed by atoms with Crippen LogP contribution in [0.1, 0.15) is 12.0 Å². The molecule has 34 heavy (non-hydrogen) atoms. The summed E-state index contributed by atoms with van der Waals surface area (Å²) in [7, 11) is 0. The Hall–Kier alpha value is -4.60. The zero-order valence-electron chi connectivity index (χ0n) is 17.5. The van der Waals surface area contributed by atoms with E-state index in [9.17, 15) is 19.2 Å². The molecule has 9 heteroatoms. The first kappa shape index (κ1) is 21.3. The molecule has 0 spiro atoms. The van der Waals surface area contributed by atoms with Gasteiger partial charge in [-0.25, -0.2) is 13.8 Å². The molecule has 164 valence electrons. The fourth-order valence-electron chi connectivity index (χ4n) is 4.01. The maximum atomic E-state index is 14.8. The molecule has 0 saturated carbocycles. The Morgan fingerprint density at radius 2 is 1.88 bits per heavy atom. The zero-order chi connectivity index (χ0) is 23.8. The summed E-state index contributed by atoms with van der Waals surface area (Å²) in [6.45, 7) is 0.0445. The van der Waals surface area contributed by atoms with Gasteiger partial charge in [0.2, 0.25) is 0 Å². The summed E-state index contributed by atoms with van der Waals surface area (Å²) in [5.41, 5.74) is 0.156. The maximum absolute atomic E-state index is 14.8. The summed E-state index contributed by atoms with van der Waals surface area (Å²) in [5, 5.41) is 19.2. The highest BCUT2D eigenvalue weighted by atomic mass is 32.1. The van der Waals surface area contributed by atoms with Crippen molar-refractivity contribution in [2.24, 2.45) is 0 Å². The number of hydrogen-bond donors (Lipinski definition) is 0. The van der Waals surface area contributed by atoms with Crippen LogP contribution in [-0.4, -0.2) is 14.1 Å². The summed E-state index contributed by atoms with van der Waals surface area (Å²) in [6.07, 6.45) is 2.78. The second-order valence-corrected chi connectivity index (χ2v) is 8.51. The molecule has 2 aromatic carbocycles. The Labute approximate surface area is 195 Å². The molecule has 0 aliphatic carbocycles. The second kappa shape index (κ2) is 8.39. The first-order chi connectivity index (χ1) is 16.5. The van der Waals surface area contributed by atoms with Gasteiger partial charge in [0.15, 0.2) is 0 Å². The number of fused-ring (bicyclic) bond motifs is 2. The lowest BCUT2D eigenvalue weighted by Gasteiger charge is -2.13. The third-order valence-electron chi connectivity index (χ3n) is 5.54. The number of aromatic nitrogens is 3. The van der Waals surface area contributed by atoms with Crippen LogP contribution in [0.15, 0.2) is 70.5 Å². The molecule has 0 aliphatic heterocycles. The number of nitrogens with zero attached hydrogens (tertiary/aromatic N) is 5. The van der Waals surface area contributed by atoms with Crippen LogP contribution in [0.5, 0.6) is 0 Å². The average Bonchev–Trinajstić information content (AvgIpc) is 3.30. The molecular formula is C25H14FN5O2S. The summed E-state index contributed by atoms with van der Waals surface area (Å²) in [4.78, 5) is 31.9. The molecule has 0 N–H and O–H groups in total. The van der Waals surface area contributed by atoms with Crippen LogP contribution in [0.25, 0.3) is 37.1 Å². The van der Waals surface area contributed by atoms with E-state index in [1.165, 1.54) is 29.1 Å². The van der Waals surface area contributed by atoms with Crippen molar-refractivity contribution in [2.75, 3.05) is 0 Å². The van der Waals surface area contributed by atoms with Gasteiger partial charge >= 0.3 is 5.69 Å². The van der Waals surface area contributed by atoms with Crippen LogP contribution in [0, 0.1) is 28.5 Å². The van der Waals surface area contributed by atoms with Gasteiger partial charge < -0.3 is 0 Å². The molecule has 0 saturated heterocycles. The Morgan fingerprint density at radius 1 is 1.06 bits per heavy atom. The number of hydrogen-bond acceptors (Lipinski definition) is 6. The average molecular weight is 467 g/mol. The predicted octanol–water partition coefficient (Wildman–Crippen LogP) is 4.35. The Balaban J connectivity index is 1.89. The number of aryl methyl sites for hydroxylation is 1. The van der Waals surface area contributed by atoms with Crippen molar-refractivity contribution in [1.82, 2.24) is 14.1 Å². The smallest absolute Gasteiger partial charge is 0.291 e. The van der Waals surface area contributed by atoms with Gasteiger partial charge in [0, 0.05) is 34.0 Å². The summed E-state index contributed by atoms with van der Waals surface area (Å²) < 4.78 is 17.3. The fraction of sp³-hybridized carbons (Fsp3) is 0.0800. The van der Waals surface area contributed by atoms with Gasteiger partial charge in [0.05, 0.1) is 41.5 Å². The van der Waals surface area contributed by atoms with E-state index in [2.05, 4.69) is 11.1 Å². The number of benzene rings is 2. The molecule has 3 aromatic heterocycles.